The normalized spacial score (nSPS) is 10.6. The summed E-state index contributed by atoms with van der Waals surface area (Å²) in [6.07, 6.45) is 2.82. The molecule has 20 heavy (non-hydrogen) atoms. The summed E-state index contributed by atoms with van der Waals surface area (Å²) in [4.78, 5) is 9.77. The van der Waals surface area contributed by atoms with Crippen LogP contribution in [0.25, 0.3) is 10.6 Å². The summed E-state index contributed by atoms with van der Waals surface area (Å²) in [5, 5.41) is 8.77. The molecule has 0 bridgehead atoms. The Hall–Kier alpha value is -1.53. The third-order valence-electron chi connectivity index (χ3n) is 2.66. The highest BCUT2D eigenvalue weighted by Crippen LogP contribution is 2.22. The van der Waals surface area contributed by atoms with Crippen LogP contribution in [0.3, 0.4) is 0 Å². The van der Waals surface area contributed by atoms with E-state index in [2.05, 4.69) is 34.4 Å². The molecular formula is C14H18N4S2. The minimum Gasteiger partial charge on any atom is -0.362 e. The van der Waals surface area contributed by atoms with E-state index in [1.807, 2.05) is 23.6 Å². The van der Waals surface area contributed by atoms with Crippen LogP contribution in [0.5, 0.6) is 0 Å². The molecule has 0 aliphatic rings. The predicted molar refractivity (Wildman–Crippen MR) is 89.0 cm³/mol. The van der Waals surface area contributed by atoms with Crippen LogP contribution in [-0.2, 0) is 0 Å². The molecule has 0 aromatic carbocycles. The lowest BCUT2D eigenvalue weighted by Crippen LogP contribution is -2.30. The first-order valence-electron chi connectivity index (χ1n) is 6.57. The van der Waals surface area contributed by atoms with Crippen LogP contribution < -0.4 is 10.6 Å². The molecule has 0 fully saturated rings. The number of rotatable bonds is 5. The Morgan fingerprint density at radius 1 is 1.40 bits per heavy atom. The molecule has 0 saturated heterocycles. The summed E-state index contributed by atoms with van der Waals surface area (Å²) >= 11 is 6.89. The number of anilines is 1. The van der Waals surface area contributed by atoms with Crippen molar-refractivity contribution >= 4 is 34.6 Å². The van der Waals surface area contributed by atoms with Crippen molar-refractivity contribution < 1.29 is 0 Å². The molecule has 2 aromatic heterocycles. The van der Waals surface area contributed by atoms with Crippen LogP contribution in [0.4, 0.5) is 5.95 Å². The molecule has 0 amide bonds. The molecule has 2 rings (SSSR count). The van der Waals surface area contributed by atoms with Gasteiger partial charge in [-0.1, -0.05) is 19.9 Å². The minimum absolute atomic E-state index is 0.526. The first kappa shape index (κ1) is 14.9. The Morgan fingerprint density at radius 2 is 2.25 bits per heavy atom. The number of hydrogen-bond donors (Lipinski definition) is 2. The Labute approximate surface area is 128 Å². The van der Waals surface area contributed by atoms with Crippen molar-refractivity contribution in [2.75, 3.05) is 11.9 Å². The quantitative estimate of drug-likeness (QED) is 0.828. The van der Waals surface area contributed by atoms with Crippen LogP contribution in [-0.4, -0.2) is 21.6 Å². The SMILES string of the molecule is CC(C)CCNC(=S)Nc1nccc(-c2cccs2)n1. The molecule has 106 valence electrons. The lowest BCUT2D eigenvalue weighted by molar-refractivity contribution is 0.579. The maximum atomic E-state index is 5.23. The zero-order chi connectivity index (χ0) is 14.4. The summed E-state index contributed by atoms with van der Waals surface area (Å²) in [5.74, 6) is 1.18. The maximum Gasteiger partial charge on any atom is 0.229 e. The number of thiocarbonyl (C=S) groups is 1. The van der Waals surface area contributed by atoms with E-state index in [1.54, 1.807) is 17.5 Å². The van der Waals surface area contributed by atoms with E-state index in [0.717, 1.165) is 23.5 Å². The number of hydrogen-bond acceptors (Lipinski definition) is 4. The average molecular weight is 306 g/mol. The van der Waals surface area contributed by atoms with Gasteiger partial charge < -0.3 is 10.6 Å². The molecule has 2 aromatic rings. The summed E-state index contributed by atoms with van der Waals surface area (Å²) in [5.41, 5.74) is 0.905. The first-order valence-corrected chi connectivity index (χ1v) is 7.85. The number of nitrogens with zero attached hydrogens (tertiary/aromatic N) is 2. The molecule has 4 nitrogen and oxygen atoms in total. The zero-order valence-electron chi connectivity index (χ0n) is 11.6. The second kappa shape index (κ2) is 7.31. The Bertz CT molecular complexity index is 552. The van der Waals surface area contributed by atoms with Gasteiger partial charge in [0.25, 0.3) is 0 Å². The minimum atomic E-state index is 0.526. The molecule has 0 spiro atoms. The number of thiophene rings is 1. The standard InChI is InChI=1S/C14H18N4S2/c1-10(2)5-7-16-14(19)18-13-15-8-6-11(17-13)12-4-3-9-20-12/h3-4,6,8-10H,5,7H2,1-2H3,(H2,15,16,17,18,19). The van der Waals surface area contributed by atoms with E-state index in [0.29, 0.717) is 17.0 Å². The second-order valence-electron chi connectivity index (χ2n) is 4.81. The van der Waals surface area contributed by atoms with Gasteiger partial charge in [0.1, 0.15) is 0 Å². The Morgan fingerprint density at radius 3 is 2.95 bits per heavy atom. The van der Waals surface area contributed by atoms with Gasteiger partial charge in [-0.25, -0.2) is 9.97 Å². The van der Waals surface area contributed by atoms with Crippen LogP contribution >= 0.6 is 23.6 Å². The van der Waals surface area contributed by atoms with E-state index in [9.17, 15) is 0 Å². The van der Waals surface area contributed by atoms with Crippen LogP contribution in [0, 0.1) is 5.92 Å². The molecule has 2 N–H and O–H groups in total. The number of aromatic nitrogens is 2. The van der Waals surface area contributed by atoms with Crippen molar-refractivity contribution in [1.29, 1.82) is 0 Å². The van der Waals surface area contributed by atoms with Gasteiger partial charge in [0, 0.05) is 12.7 Å². The molecule has 0 aliphatic heterocycles. The largest absolute Gasteiger partial charge is 0.362 e. The third-order valence-corrected chi connectivity index (χ3v) is 3.80. The van der Waals surface area contributed by atoms with Gasteiger partial charge >= 0.3 is 0 Å². The van der Waals surface area contributed by atoms with Crippen molar-refractivity contribution in [1.82, 2.24) is 15.3 Å². The summed E-state index contributed by atoms with van der Waals surface area (Å²) < 4.78 is 0. The fourth-order valence-corrected chi connectivity index (χ4v) is 2.49. The molecule has 2 heterocycles. The van der Waals surface area contributed by atoms with Gasteiger partial charge in [0.05, 0.1) is 10.6 Å². The van der Waals surface area contributed by atoms with Crippen LogP contribution in [0.2, 0.25) is 0 Å². The highest BCUT2D eigenvalue weighted by Gasteiger charge is 2.04. The lowest BCUT2D eigenvalue weighted by Gasteiger charge is -2.10. The second-order valence-corrected chi connectivity index (χ2v) is 6.16. The molecular weight excluding hydrogens is 288 g/mol. The van der Waals surface area contributed by atoms with E-state index < -0.39 is 0 Å². The van der Waals surface area contributed by atoms with Crippen molar-refractivity contribution in [2.24, 2.45) is 5.92 Å². The summed E-state index contributed by atoms with van der Waals surface area (Å²) in [6.45, 7) is 5.23. The van der Waals surface area contributed by atoms with E-state index in [-0.39, 0.29) is 0 Å². The van der Waals surface area contributed by atoms with Gasteiger partial charge in [0.15, 0.2) is 5.11 Å². The van der Waals surface area contributed by atoms with Gasteiger partial charge in [-0.15, -0.1) is 11.3 Å². The van der Waals surface area contributed by atoms with Crippen LogP contribution in [0.1, 0.15) is 20.3 Å². The topological polar surface area (TPSA) is 49.8 Å². The lowest BCUT2D eigenvalue weighted by atomic mass is 10.1. The maximum absolute atomic E-state index is 5.23. The van der Waals surface area contributed by atoms with E-state index in [1.165, 1.54) is 0 Å². The van der Waals surface area contributed by atoms with Crippen LogP contribution in [0.15, 0.2) is 29.8 Å². The van der Waals surface area contributed by atoms with E-state index in [4.69, 9.17) is 12.2 Å². The first-order chi connectivity index (χ1) is 9.65. The van der Waals surface area contributed by atoms with Gasteiger partial charge in [-0.2, -0.15) is 0 Å². The van der Waals surface area contributed by atoms with Gasteiger partial charge in [-0.05, 0) is 42.1 Å². The van der Waals surface area contributed by atoms with Crippen molar-refractivity contribution in [3.05, 3.63) is 29.8 Å². The van der Waals surface area contributed by atoms with Gasteiger partial charge in [-0.3, -0.25) is 0 Å². The van der Waals surface area contributed by atoms with E-state index >= 15 is 0 Å². The van der Waals surface area contributed by atoms with Crippen molar-refractivity contribution in [3.63, 3.8) is 0 Å². The Kier molecular flexibility index (Phi) is 5.43. The molecule has 0 saturated carbocycles. The zero-order valence-corrected chi connectivity index (χ0v) is 13.2. The molecule has 0 aliphatic carbocycles. The Balaban J connectivity index is 1.93. The predicted octanol–water partition coefficient (Wildman–Crippen LogP) is 3.54. The molecule has 0 atom stereocenters. The van der Waals surface area contributed by atoms with Gasteiger partial charge in [0.2, 0.25) is 5.95 Å². The molecule has 0 unspecified atom stereocenters. The average Bonchev–Trinajstić information content (AvgIpc) is 2.92. The number of nitrogens with one attached hydrogen (secondary N) is 2. The third kappa shape index (κ3) is 4.54. The highest BCUT2D eigenvalue weighted by atomic mass is 32.1. The fourth-order valence-electron chi connectivity index (χ4n) is 1.60. The smallest absolute Gasteiger partial charge is 0.229 e. The monoisotopic (exact) mass is 306 g/mol. The summed E-state index contributed by atoms with van der Waals surface area (Å²) in [6, 6.07) is 5.94. The highest BCUT2D eigenvalue weighted by molar-refractivity contribution is 7.80. The molecule has 6 heteroatoms. The van der Waals surface area contributed by atoms with Crippen molar-refractivity contribution in [2.45, 2.75) is 20.3 Å². The fraction of sp³-hybridized carbons (Fsp3) is 0.357. The molecule has 0 radical (unpaired) electrons. The van der Waals surface area contributed by atoms with Crippen molar-refractivity contribution in [3.8, 4) is 10.6 Å². The summed E-state index contributed by atoms with van der Waals surface area (Å²) in [7, 11) is 0.